The highest BCUT2D eigenvalue weighted by Crippen LogP contribution is 2.09. The molecule has 0 heterocycles. The predicted molar refractivity (Wildman–Crippen MR) is 132 cm³/mol. The van der Waals surface area contributed by atoms with Gasteiger partial charge in [-0.1, -0.05) is 27.7 Å². The lowest BCUT2D eigenvalue weighted by Gasteiger charge is -2.25. The standard InChI is InChI=1S/C22H41N7O7/c1-11(2)8-13(23)18(32)28-16(10-17(30)31)20(34)29-15(9-12(3)4)19(33)27-14(21(35)36)6-5-7-26-22(24)25/h11-16H,5-10,23H2,1-4H3,(H,27,33)(H,28,32)(H,29,34)(H,30,31)(H,35,36)(H4,24,25,26). The Kier molecular flexibility index (Phi) is 14.7. The molecule has 0 aromatic carbocycles. The molecule has 0 radical (unpaired) electrons. The summed E-state index contributed by atoms with van der Waals surface area (Å²) < 4.78 is 0. The SMILES string of the molecule is CC(C)CC(N)C(=O)NC(CC(=O)O)C(=O)NC(CC(C)C)C(=O)NC(CCCN=C(N)N)C(=O)O. The highest BCUT2D eigenvalue weighted by Gasteiger charge is 2.31. The zero-order chi connectivity index (χ0) is 28.0. The van der Waals surface area contributed by atoms with Gasteiger partial charge in [-0.05, 0) is 37.5 Å². The summed E-state index contributed by atoms with van der Waals surface area (Å²) in [6.07, 6.45) is 0.0414. The normalized spacial score (nSPS) is 14.3. The minimum atomic E-state index is -1.48. The fourth-order valence-corrected chi connectivity index (χ4v) is 3.29. The number of carbonyl (C=O) groups excluding carboxylic acids is 3. The van der Waals surface area contributed by atoms with Crippen molar-refractivity contribution < 1.29 is 34.2 Å². The number of nitrogens with one attached hydrogen (secondary N) is 3. The number of nitrogens with two attached hydrogens (primary N) is 3. The first-order valence-electron chi connectivity index (χ1n) is 11.8. The quantitative estimate of drug-likeness (QED) is 0.0630. The van der Waals surface area contributed by atoms with Crippen molar-refractivity contribution in [1.29, 1.82) is 0 Å². The van der Waals surface area contributed by atoms with Crippen molar-refractivity contribution in [3.63, 3.8) is 0 Å². The van der Waals surface area contributed by atoms with Gasteiger partial charge in [-0.3, -0.25) is 24.2 Å². The Labute approximate surface area is 210 Å². The molecule has 0 rings (SSSR count). The number of amides is 3. The maximum atomic E-state index is 12.9. The van der Waals surface area contributed by atoms with Gasteiger partial charge in [0.2, 0.25) is 17.7 Å². The van der Waals surface area contributed by atoms with Crippen LogP contribution in [-0.4, -0.2) is 76.5 Å². The van der Waals surface area contributed by atoms with Crippen molar-refractivity contribution in [2.45, 2.75) is 84.0 Å². The molecule has 0 saturated heterocycles. The van der Waals surface area contributed by atoms with E-state index in [0.29, 0.717) is 6.42 Å². The molecular weight excluding hydrogens is 474 g/mol. The number of hydrogen-bond acceptors (Lipinski definition) is 7. The average molecular weight is 516 g/mol. The first-order chi connectivity index (χ1) is 16.6. The second-order valence-corrected chi connectivity index (χ2v) is 9.43. The van der Waals surface area contributed by atoms with Gasteiger partial charge >= 0.3 is 11.9 Å². The Bertz CT molecular complexity index is 798. The summed E-state index contributed by atoms with van der Waals surface area (Å²) in [7, 11) is 0. The van der Waals surface area contributed by atoms with E-state index in [9.17, 15) is 34.2 Å². The summed E-state index contributed by atoms with van der Waals surface area (Å²) in [5.41, 5.74) is 16.3. The third-order valence-electron chi connectivity index (χ3n) is 4.97. The van der Waals surface area contributed by atoms with Crippen molar-refractivity contribution in [3.05, 3.63) is 0 Å². The molecule has 206 valence electrons. The van der Waals surface area contributed by atoms with Gasteiger partial charge < -0.3 is 43.4 Å². The maximum absolute atomic E-state index is 12.9. The van der Waals surface area contributed by atoms with Gasteiger partial charge in [0.05, 0.1) is 12.5 Å². The van der Waals surface area contributed by atoms with E-state index in [1.54, 1.807) is 13.8 Å². The lowest BCUT2D eigenvalue weighted by molar-refractivity contribution is -0.143. The van der Waals surface area contributed by atoms with Crippen LogP contribution in [0.25, 0.3) is 0 Å². The number of rotatable bonds is 17. The van der Waals surface area contributed by atoms with Gasteiger partial charge in [0, 0.05) is 6.54 Å². The van der Waals surface area contributed by atoms with Crippen molar-refractivity contribution in [2.75, 3.05) is 6.54 Å². The van der Waals surface area contributed by atoms with E-state index in [4.69, 9.17) is 17.2 Å². The van der Waals surface area contributed by atoms with E-state index in [0.717, 1.165) is 0 Å². The van der Waals surface area contributed by atoms with Crippen LogP contribution >= 0.6 is 0 Å². The van der Waals surface area contributed by atoms with Crippen LogP contribution in [0, 0.1) is 11.8 Å². The van der Waals surface area contributed by atoms with Gasteiger partial charge in [-0.15, -0.1) is 0 Å². The lowest BCUT2D eigenvalue weighted by atomic mass is 10.0. The smallest absolute Gasteiger partial charge is 0.326 e. The molecule has 0 aliphatic heterocycles. The Morgan fingerprint density at radius 3 is 1.75 bits per heavy atom. The molecule has 4 unspecified atom stereocenters. The van der Waals surface area contributed by atoms with Crippen LogP contribution in [-0.2, 0) is 24.0 Å². The molecule has 36 heavy (non-hydrogen) atoms. The van der Waals surface area contributed by atoms with Crippen LogP contribution in [0.4, 0.5) is 0 Å². The molecule has 0 bridgehead atoms. The van der Waals surface area contributed by atoms with E-state index < -0.39 is 60.2 Å². The third kappa shape index (κ3) is 14.1. The molecule has 4 atom stereocenters. The van der Waals surface area contributed by atoms with Gasteiger partial charge in [0.25, 0.3) is 0 Å². The summed E-state index contributed by atoms with van der Waals surface area (Å²) in [5.74, 6) is -5.11. The van der Waals surface area contributed by atoms with Gasteiger partial charge in [-0.25, -0.2) is 4.79 Å². The van der Waals surface area contributed by atoms with Crippen molar-refractivity contribution >= 4 is 35.6 Å². The van der Waals surface area contributed by atoms with Gasteiger partial charge in [-0.2, -0.15) is 0 Å². The maximum Gasteiger partial charge on any atom is 0.326 e. The molecule has 3 amide bonds. The number of hydrogen-bond donors (Lipinski definition) is 8. The lowest BCUT2D eigenvalue weighted by Crippen LogP contribution is -2.57. The Morgan fingerprint density at radius 2 is 1.28 bits per heavy atom. The second kappa shape index (κ2) is 16.3. The summed E-state index contributed by atoms with van der Waals surface area (Å²) in [5, 5.41) is 25.8. The third-order valence-corrected chi connectivity index (χ3v) is 4.97. The molecule has 0 fully saturated rings. The molecule has 14 nitrogen and oxygen atoms in total. The molecule has 0 saturated carbocycles. The molecule has 14 heteroatoms. The first-order valence-corrected chi connectivity index (χ1v) is 11.8. The van der Waals surface area contributed by atoms with E-state index >= 15 is 0 Å². The van der Waals surface area contributed by atoms with E-state index in [1.807, 2.05) is 13.8 Å². The minimum absolute atomic E-state index is 0.0334. The fourth-order valence-electron chi connectivity index (χ4n) is 3.29. The number of aliphatic carboxylic acids is 2. The molecule has 0 aromatic rings. The molecule has 11 N–H and O–H groups in total. The van der Waals surface area contributed by atoms with Crippen molar-refractivity contribution in [3.8, 4) is 0 Å². The Morgan fingerprint density at radius 1 is 0.778 bits per heavy atom. The van der Waals surface area contributed by atoms with Crippen LogP contribution in [0.3, 0.4) is 0 Å². The summed E-state index contributed by atoms with van der Waals surface area (Å²) >= 11 is 0. The topological polar surface area (TPSA) is 252 Å². The highest BCUT2D eigenvalue weighted by atomic mass is 16.4. The van der Waals surface area contributed by atoms with Gasteiger partial charge in [0.15, 0.2) is 5.96 Å². The highest BCUT2D eigenvalue weighted by molar-refractivity contribution is 5.95. The zero-order valence-corrected chi connectivity index (χ0v) is 21.3. The van der Waals surface area contributed by atoms with Gasteiger partial charge in [0.1, 0.15) is 18.1 Å². The number of carbonyl (C=O) groups is 5. The Balaban J connectivity index is 5.48. The average Bonchev–Trinajstić information content (AvgIpc) is 2.73. The van der Waals surface area contributed by atoms with E-state index in [2.05, 4.69) is 20.9 Å². The van der Waals surface area contributed by atoms with E-state index in [-0.39, 0.29) is 43.6 Å². The molecular formula is C22H41N7O7. The Hall–Kier alpha value is -3.42. The second-order valence-electron chi connectivity index (χ2n) is 9.43. The zero-order valence-electron chi connectivity index (χ0n) is 21.3. The molecule has 0 aromatic heterocycles. The van der Waals surface area contributed by atoms with Crippen molar-refractivity contribution in [2.24, 2.45) is 34.0 Å². The van der Waals surface area contributed by atoms with E-state index in [1.165, 1.54) is 0 Å². The largest absolute Gasteiger partial charge is 0.481 e. The fraction of sp³-hybridized carbons (Fsp3) is 0.727. The number of guanidine groups is 1. The summed E-state index contributed by atoms with van der Waals surface area (Å²) in [4.78, 5) is 64.8. The van der Waals surface area contributed by atoms with Crippen LogP contribution in [0.1, 0.15) is 59.8 Å². The van der Waals surface area contributed by atoms with Crippen molar-refractivity contribution in [1.82, 2.24) is 16.0 Å². The number of carboxylic acids is 2. The van der Waals surface area contributed by atoms with Crippen LogP contribution in [0.5, 0.6) is 0 Å². The van der Waals surface area contributed by atoms with Crippen LogP contribution in [0.2, 0.25) is 0 Å². The first kappa shape index (κ1) is 32.6. The number of nitrogens with zero attached hydrogens (tertiary/aromatic N) is 1. The minimum Gasteiger partial charge on any atom is -0.481 e. The van der Waals surface area contributed by atoms with Crippen LogP contribution in [0.15, 0.2) is 4.99 Å². The molecule has 0 spiro atoms. The molecule has 0 aliphatic carbocycles. The molecule has 0 aliphatic rings. The number of aliphatic imine (C=N–C) groups is 1. The predicted octanol–water partition coefficient (Wildman–Crippen LogP) is -1.53. The van der Waals surface area contributed by atoms with Crippen LogP contribution < -0.4 is 33.2 Å². The monoisotopic (exact) mass is 515 g/mol. The summed E-state index contributed by atoms with van der Waals surface area (Å²) in [6.45, 7) is 7.46. The summed E-state index contributed by atoms with van der Waals surface area (Å²) in [6, 6.07) is -4.86. The number of carboxylic acid groups (broad SMARTS) is 2.